The van der Waals surface area contributed by atoms with E-state index in [4.69, 9.17) is 24.2 Å². The van der Waals surface area contributed by atoms with Crippen LogP contribution in [0.15, 0.2) is 90.6 Å². The van der Waals surface area contributed by atoms with E-state index in [1.165, 1.54) is 0 Å². The van der Waals surface area contributed by atoms with Gasteiger partial charge < -0.3 is 29.7 Å². The second-order valence-corrected chi connectivity index (χ2v) is 11.8. The van der Waals surface area contributed by atoms with E-state index in [1.54, 1.807) is 37.8 Å². The Morgan fingerprint density at radius 2 is 1.81 bits per heavy atom. The predicted octanol–water partition coefficient (Wildman–Crippen LogP) is 6.30. The summed E-state index contributed by atoms with van der Waals surface area (Å²) in [5, 5.41) is 8.37. The number of hydrogen-bond acceptors (Lipinski definition) is 10. The molecule has 0 spiro atoms. The van der Waals surface area contributed by atoms with E-state index in [9.17, 15) is 4.79 Å². The number of fused-ring (bicyclic) bond motifs is 1. The Morgan fingerprint density at radius 3 is 2.62 bits per heavy atom. The maximum Gasteiger partial charge on any atom is 0.228 e. The molecule has 1 amide bonds. The van der Waals surface area contributed by atoms with E-state index >= 15 is 0 Å². The van der Waals surface area contributed by atoms with Crippen molar-refractivity contribution in [1.29, 1.82) is 0 Å². The zero-order valence-electron chi connectivity index (χ0n) is 26.0. The summed E-state index contributed by atoms with van der Waals surface area (Å²) in [6.07, 6.45) is 3.88. The van der Waals surface area contributed by atoms with Gasteiger partial charge in [0.2, 0.25) is 11.9 Å². The van der Waals surface area contributed by atoms with E-state index in [2.05, 4.69) is 32.7 Å². The molecule has 3 aromatic carbocycles. The predicted molar refractivity (Wildman–Crippen MR) is 184 cm³/mol. The smallest absolute Gasteiger partial charge is 0.228 e. The number of thiazole rings is 1. The average molecular weight is 648 g/mol. The molecule has 0 bridgehead atoms. The van der Waals surface area contributed by atoms with Gasteiger partial charge in [-0.05, 0) is 48.5 Å². The first-order valence-corrected chi connectivity index (χ1v) is 16.1. The molecule has 1 aliphatic rings. The van der Waals surface area contributed by atoms with E-state index in [-0.39, 0.29) is 12.3 Å². The SMILES string of the molecule is COc1ccc(CC(=O)Nc2cccc(-c3nc4sccn4c3-c3ccnc(Nc4ccc(N5CCOCC5)cc4)n3)c2)c(OC)c1. The van der Waals surface area contributed by atoms with Gasteiger partial charge in [0.25, 0.3) is 0 Å². The maximum absolute atomic E-state index is 13.1. The fourth-order valence-corrected chi connectivity index (χ4v) is 6.32. The number of methoxy groups -OCH3 is 2. The molecule has 1 fully saturated rings. The van der Waals surface area contributed by atoms with Gasteiger partial charge in [0.15, 0.2) is 4.96 Å². The van der Waals surface area contributed by atoms with Crippen LogP contribution in [0.4, 0.5) is 23.0 Å². The van der Waals surface area contributed by atoms with Crippen molar-refractivity contribution in [3.05, 3.63) is 96.1 Å². The van der Waals surface area contributed by atoms with Crippen LogP contribution in [0.2, 0.25) is 0 Å². The molecule has 47 heavy (non-hydrogen) atoms. The van der Waals surface area contributed by atoms with Crippen molar-refractivity contribution in [3.63, 3.8) is 0 Å². The van der Waals surface area contributed by atoms with Crippen LogP contribution in [0, 0.1) is 0 Å². The van der Waals surface area contributed by atoms with Crippen LogP contribution in [0.5, 0.6) is 11.5 Å². The van der Waals surface area contributed by atoms with Crippen molar-refractivity contribution >= 4 is 45.2 Å². The number of carbonyl (C=O) groups excluding carboxylic acids is 1. The molecule has 238 valence electrons. The van der Waals surface area contributed by atoms with Crippen LogP contribution in [0.3, 0.4) is 0 Å². The average Bonchev–Trinajstić information content (AvgIpc) is 3.71. The summed E-state index contributed by atoms with van der Waals surface area (Å²) in [5.41, 5.74) is 6.63. The first-order valence-electron chi connectivity index (χ1n) is 15.2. The molecule has 1 saturated heterocycles. The van der Waals surface area contributed by atoms with Gasteiger partial charge in [-0.2, -0.15) is 0 Å². The van der Waals surface area contributed by atoms with Crippen molar-refractivity contribution in [3.8, 4) is 34.1 Å². The van der Waals surface area contributed by atoms with Crippen LogP contribution in [-0.4, -0.2) is 65.8 Å². The first kappa shape index (κ1) is 30.2. The minimum Gasteiger partial charge on any atom is -0.497 e. The lowest BCUT2D eigenvalue weighted by Gasteiger charge is -2.28. The number of nitrogens with zero attached hydrogens (tertiary/aromatic N) is 5. The zero-order valence-corrected chi connectivity index (χ0v) is 26.8. The van der Waals surface area contributed by atoms with Crippen molar-refractivity contribution < 1.29 is 19.0 Å². The molecule has 2 N–H and O–H groups in total. The van der Waals surface area contributed by atoms with Gasteiger partial charge in [0.1, 0.15) is 17.2 Å². The fourth-order valence-electron chi connectivity index (χ4n) is 5.61. The van der Waals surface area contributed by atoms with E-state index in [0.29, 0.717) is 23.1 Å². The second-order valence-electron chi connectivity index (χ2n) is 10.9. The van der Waals surface area contributed by atoms with Gasteiger partial charge in [0, 0.05) is 65.1 Å². The number of aromatic nitrogens is 4. The molecule has 3 aromatic heterocycles. The summed E-state index contributed by atoms with van der Waals surface area (Å²) < 4.78 is 18.3. The minimum atomic E-state index is -0.166. The summed E-state index contributed by atoms with van der Waals surface area (Å²) in [6.45, 7) is 3.26. The third-order valence-electron chi connectivity index (χ3n) is 7.93. The lowest BCUT2D eigenvalue weighted by atomic mass is 10.1. The summed E-state index contributed by atoms with van der Waals surface area (Å²) in [7, 11) is 3.17. The molecule has 12 heteroatoms. The zero-order chi connectivity index (χ0) is 32.2. The van der Waals surface area contributed by atoms with E-state index in [0.717, 1.165) is 70.8 Å². The minimum absolute atomic E-state index is 0.148. The molecule has 11 nitrogen and oxygen atoms in total. The number of morpholine rings is 1. The number of amides is 1. The Balaban J connectivity index is 1.12. The molecule has 7 rings (SSSR count). The van der Waals surface area contributed by atoms with Crippen LogP contribution < -0.4 is 25.0 Å². The van der Waals surface area contributed by atoms with Gasteiger partial charge in [-0.3, -0.25) is 9.20 Å². The molecule has 0 aliphatic carbocycles. The number of benzene rings is 3. The van der Waals surface area contributed by atoms with Crippen LogP contribution in [0.1, 0.15) is 5.56 Å². The third kappa shape index (κ3) is 6.60. The normalized spacial score (nSPS) is 13.0. The fraction of sp³-hybridized carbons (Fsp3) is 0.200. The lowest BCUT2D eigenvalue weighted by Crippen LogP contribution is -2.36. The number of anilines is 4. The van der Waals surface area contributed by atoms with Gasteiger partial charge in [-0.25, -0.2) is 15.0 Å². The van der Waals surface area contributed by atoms with Gasteiger partial charge >= 0.3 is 0 Å². The van der Waals surface area contributed by atoms with Gasteiger partial charge in [-0.1, -0.05) is 18.2 Å². The number of ether oxygens (including phenoxy) is 3. The van der Waals surface area contributed by atoms with E-state index in [1.807, 2.05) is 70.6 Å². The first-order chi connectivity index (χ1) is 23.1. The quantitative estimate of drug-likeness (QED) is 0.177. The van der Waals surface area contributed by atoms with Crippen molar-refractivity contribution in [2.45, 2.75) is 6.42 Å². The molecule has 0 atom stereocenters. The third-order valence-corrected chi connectivity index (χ3v) is 8.68. The largest absolute Gasteiger partial charge is 0.497 e. The number of imidazole rings is 1. The lowest BCUT2D eigenvalue weighted by molar-refractivity contribution is -0.115. The van der Waals surface area contributed by atoms with Gasteiger partial charge in [-0.15, -0.1) is 11.3 Å². The molecular weight excluding hydrogens is 614 g/mol. The van der Waals surface area contributed by atoms with Crippen molar-refractivity contribution in [2.24, 2.45) is 0 Å². The highest BCUT2D eigenvalue weighted by Gasteiger charge is 2.20. The standard InChI is InChI=1S/C35H33N7O4S/c1-44-28-11-6-23(30(22-28)45-2)21-31(43)37-26-5-3-4-24(20-26)32-33(42-16-19-47-35(42)40-32)29-12-13-36-34(39-29)38-25-7-9-27(10-8-25)41-14-17-46-18-15-41/h3-13,16,19-20,22H,14-15,17-18,21H2,1-2H3,(H,37,43)(H,36,38,39). The van der Waals surface area contributed by atoms with Crippen molar-refractivity contribution in [2.75, 3.05) is 56.1 Å². The highest BCUT2D eigenvalue weighted by molar-refractivity contribution is 7.15. The van der Waals surface area contributed by atoms with Crippen molar-refractivity contribution in [1.82, 2.24) is 19.4 Å². The summed E-state index contributed by atoms with van der Waals surface area (Å²) in [6, 6.07) is 23.2. The van der Waals surface area contributed by atoms with E-state index < -0.39 is 0 Å². The topological polar surface area (TPSA) is 115 Å². The number of hydrogen-bond donors (Lipinski definition) is 2. The number of carbonyl (C=O) groups is 1. The Bertz CT molecular complexity index is 2020. The molecule has 1 aliphatic heterocycles. The van der Waals surface area contributed by atoms with Crippen LogP contribution in [-0.2, 0) is 16.0 Å². The summed E-state index contributed by atoms with van der Waals surface area (Å²) in [4.78, 5) is 30.6. The second kappa shape index (κ2) is 13.5. The highest BCUT2D eigenvalue weighted by atomic mass is 32.1. The highest BCUT2D eigenvalue weighted by Crippen LogP contribution is 2.35. The molecule has 0 radical (unpaired) electrons. The number of rotatable bonds is 10. The molecule has 0 saturated carbocycles. The Morgan fingerprint density at radius 1 is 0.957 bits per heavy atom. The monoisotopic (exact) mass is 647 g/mol. The molecule has 4 heterocycles. The molecule has 6 aromatic rings. The van der Waals surface area contributed by atoms with Crippen LogP contribution in [0.25, 0.3) is 27.6 Å². The summed E-state index contributed by atoms with van der Waals surface area (Å²) >= 11 is 1.54. The Labute approximate surface area is 275 Å². The Hall–Kier alpha value is -5.46. The van der Waals surface area contributed by atoms with Gasteiger partial charge in [0.05, 0.1) is 45.2 Å². The Kier molecular flexibility index (Phi) is 8.67. The van der Waals surface area contributed by atoms with Crippen LogP contribution >= 0.6 is 11.3 Å². The molecular formula is C35H33N7O4S. The molecule has 0 unspecified atom stereocenters. The maximum atomic E-state index is 13.1. The number of nitrogens with one attached hydrogen (secondary N) is 2. The summed E-state index contributed by atoms with van der Waals surface area (Å²) in [5.74, 6) is 1.58.